The summed E-state index contributed by atoms with van der Waals surface area (Å²) in [4.78, 5) is 15.3. The molecular formula is C18H33Cl2N3O. The number of carbonyl (C=O) groups excluding carboxylic acids is 1. The second-order valence-electron chi connectivity index (χ2n) is 8.25. The number of nitrogens with two attached hydrogens (primary N) is 1. The minimum atomic E-state index is 0. The number of rotatable bonds is 3. The maximum Gasteiger partial charge on any atom is 0.223 e. The first-order valence-electron chi connectivity index (χ1n) is 9.50. The van der Waals surface area contributed by atoms with E-state index in [1.807, 2.05) is 0 Å². The molecule has 1 saturated heterocycles. The molecule has 4 nitrogen and oxygen atoms in total. The fourth-order valence-corrected chi connectivity index (χ4v) is 5.17. The molecule has 6 heteroatoms. The standard InChI is InChI=1S/C18H31N3O.2ClH/c19-17-12-2-1-3-13(17)11-14(10-12)18(22)20-15-6-8-21(9-7-15)16-4-5-16;;/h12-17H,1-11,19H2,(H,20,22);2*1H. The molecule has 140 valence electrons. The fourth-order valence-electron chi connectivity index (χ4n) is 5.17. The smallest absolute Gasteiger partial charge is 0.223 e. The third-order valence-corrected chi connectivity index (χ3v) is 6.72. The molecule has 0 aromatic heterocycles. The van der Waals surface area contributed by atoms with Crippen LogP contribution in [0.2, 0.25) is 0 Å². The highest BCUT2D eigenvalue weighted by Crippen LogP contribution is 2.42. The van der Waals surface area contributed by atoms with E-state index in [9.17, 15) is 4.79 Å². The predicted octanol–water partition coefficient (Wildman–Crippen LogP) is 2.73. The number of nitrogens with zero attached hydrogens (tertiary/aromatic N) is 1. The Labute approximate surface area is 158 Å². The Hall–Kier alpha value is -0.0300. The van der Waals surface area contributed by atoms with Crippen LogP contribution in [0.5, 0.6) is 0 Å². The number of amides is 1. The molecule has 1 amide bonds. The van der Waals surface area contributed by atoms with Crippen molar-refractivity contribution >= 4 is 30.7 Å². The molecule has 2 atom stereocenters. The minimum absolute atomic E-state index is 0. The molecule has 1 aliphatic heterocycles. The highest BCUT2D eigenvalue weighted by atomic mass is 35.5. The van der Waals surface area contributed by atoms with Crippen molar-refractivity contribution in [2.75, 3.05) is 13.1 Å². The lowest BCUT2D eigenvalue weighted by Crippen LogP contribution is -2.51. The van der Waals surface area contributed by atoms with Gasteiger partial charge in [0.25, 0.3) is 0 Å². The first-order chi connectivity index (χ1) is 10.7. The normalized spacial score (nSPS) is 37.0. The molecule has 4 fully saturated rings. The Morgan fingerprint density at radius 2 is 1.50 bits per heavy atom. The molecule has 4 aliphatic rings. The van der Waals surface area contributed by atoms with E-state index in [0.29, 0.717) is 29.8 Å². The van der Waals surface area contributed by atoms with Crippen molar-refractivity contribution in [1.82, 2.24) is 10.2 Å². The van der Waals surface area contributed by atoms with Gasteiger partial charge in [-0.05, 0) is 63.2 Å². The Balaban J connectivity index is 0.00000104. The summed E-state index contributed by atoms with van der Waals surface area (Å²) in [5.41, 5.74) is 6.34. The number of likely N-dealkylation sites (tertiary alicyclic amines) is 1. The maximum absolute atomic E-state index is 12.7. The summed E-state index contributed by atoms with van der Waals surface area (Å²) in [7, 11) is 0. The van der Waals surface area contributed by atoms with Crippen molar-refractivity contribution in [2.45, 2.75) is 75.9 Å². The van der Waals surface area contributed by atoms with Crippen molar-refractivity contribution in [2.24, 2.45) is 23.5 Å². The maximum atomic E-state index is 12.7. The van der Waals surface area contributed by atoms with Gasteiger partial charge in [-0.2, -0.15) is 0 Å². The Morgan fingerprint density at radius 3 is 2.04 bits per heavy atom. The highest BCUT2D eigenvalue weighted by molar-refractivity contribution is 5.85. The minimum Gasteiger partial charge on any atom is -0.353 e. The second-order valence-corrected chi connectivity index (χ2v) is 8.25. The molecule has 2 bridgehead atoms. The SMILES string of the molecule is Cl.Cl.NC1C2CCCC1CC(C(=O)NC1CCN(C3CC3)CC1)C2. The highest BCUT2D eigenvalue weighted by Gasteiger charge is 2.41. The van der Waals surface area contributed by atoms with Gasteiger partial charge in [0.2, 0.25) is 5.91 Å². The van der Waals surface area contributed by atoms with E-state index in [4.69, 9.17) is 5.73 Å². The average Bonchev–Trinajstić information content (AvgIpc) is 3.32. The first kappa shape index (κ1) is 20.3. The van der Waals surface area contributed by atoms with Gasteiger partial charge < -0.3 is 16.0 Å². The molecule has 3 N–H and O–H groups in total. The molecule has 0 aromatic carbocycles. The van der Waals surface area contributed by atoms with Crippen LogP contribution in [0.15, 0.2) is 0 Å². The van der Waals surface area contributed by atoms with E-state index in [0.717, 1.165) is 31.7 Å². The van der Waals surface area contributed by atoms with Crippen LogP contribution in [-0.4, -0.2) is 42.0 Å². The molecule has 0 aromatic rings. The number of fused-ring (bicyclic) bond motifs is 2. The van der Waals surface area contributed by atoms with Crippen molar-refractivity contribution in [1.29, 1.82) is 0 Å². The molecule has 0 spiro atoms. The Morgan fingerprint density at radius 1 is 0.917 bits per heavy atom. The van der Waals surface area contributed by atoms with Crippen LogP contribution in [0.3, 0.4) is 0 Å². The Bertz CT molecular complexity index is 410. The number of piperidine rings is 1. The van der Waals surface area contributed by atoms with Crippen molar-refractivity contribution in [3.05, 3.63) is 0 Å². The number of nitrogens with one attached hydrogen (secondary N) is 1. The van der Waals surface area contributed by atoms with Gasteiger partial charge in [-0.25, -0.2) is 0 Å². The van der Waals surface area contributed by atoms with Gasteiger partial charge in [-0.1, -0.05) is 6.42 Å². The summed E-state index contributed by atoms with van der Waals surface area (Å²) in [6.07, 6.45) is 10.9. The van der Waals surface area contributed by atoms with Crippen LogP contribution < -0.4 is 11.1 Å². The summed E-state index contributed by atoms with van der Waals surface area (Å²) in [6, 6.07) is 1.65. The van der Waals surface area contributed by atoms with E-state index in [2.05, 4.69) is 10.2 Å². The van der Waals surface area contributed by atoms with Crippen LogP contribution >= 0.6 is 24.8 Å². The molecule has 0 radical (unpaired) electrons. The van der Waals surface area contributed by atoms with E-state index < -0.39 is 0 Å². The van der Waals surface area contributed by atoms with Crippen LogP contribution in [0.1, 0.15) is 57.8 Å². The molecule has 1 heterocycles. The number of halogens is 2. The molecular weight excluding hydrogens is 345 g/mol. The quantitative estimate of drug-likeness (QED) is 0.794. The molecule has 3 saturated carbocycles. The van der Waals surface area contributed by atoms with Crippen LogP contribution in [0.4, 0.5) is 0 Å². The van der Waals surface area contributed by atoms with E-state index in [-0.39, 0.29) is 30.7 Å². The summed E-state index contributed by atoms with van der Waals surface area (Å²) < 4.78 is 0. The topological polar surface area (TPSA) is 58.4 Å². The van der Waals surface area contributed by atoms with Gasteiger partial charge in [-0.3, -0.25) is 4.79 Å². The molecule has 2 unspecified atom stereocenters. The molecule has 24 heavy (non-hydrogen) atoms. The van der Waals surface area contributed by atoms with Crippen LogP contribution in [-0.2, 0) is 4.79 Å². The number of carbonyl (C=O) groups is 1. The molecule has 4 rings (SSSR count). The van der Waals surface area contributed by atoms with Crippen LogP contribution in [0.25, 0.3) is 0 Å². The zero-order chi connectivity index (χ0) is 15.1. The van der Waals surface area contributed by atoms with E-state index in [1.165, 1.54) is 45.2 Å². The van der Waals surface area contributed by atoms with Gasteiger partial charge in [0.1, 0.15) is 0 Å². The zero-order valence-electron chi connectivity index (χ0n) is 14.5. The third-order valence-electron chi connectivity index (χ3n) is 6.72. The summed E-state index contributed by atoms with van der Waals surface area (Å²) in [5.74, 6) is 1.75. The van der Waals surface area contributed by atoms with Crippen LogP contribution in [0, 0.1) is 17.8 Å². The Kier molecular flexibility index (Phi) is 7.24. The van der Waals surface area contributed by atoms with Crippen molar-refractivity contribution < 1.29 is 4.79 Å². The fraction of sp³-hybridized carbons (Fsp3) is 0.944. The van der Waals surface area contributed by atoms with Crippen molar-refractivity contribution in [3.8, 4) is 0 Å². The van der Waals surface area contributed by atoms with Gasteiger partial charge in [0.05, 0.1) is 0 Å². The summed E-state index contributed by atoms with van der Waals surface area (Å²) in [5, 5.41) is 3.37. The van der Waals surface area contributed by atoms with Gasteiger partial charge >= 0.3 is 0 Å². The first-order valence-corrected chi connectivity index (χ1v) is 9.50. The lowest BCUT2D eigenvalue weighted by molar-refractivity contribution is -0.129. The number of hydrogen-bond donors (Lipinski definition) is 2. The van der Waals surface area contributed by atoms with E-state index >= 15 is 0 Å². The average molecular weight is 378 g/mol. The van der Waals surface area contributed by atoms with Gasteiger partial charge in [-0.15, -0.1) is 24.8 Å². The zero-order valence-corrected chi connectivity index (χ0v) is 16.1. The third kappa shape index (κ3) is 4.38. The monoisotopic (exact) mass is 377 g/mol. The van der Waals surface area contributed by atoms with Gasteiger partial charge in [0.15, 0.2) is 0 Å². The van der Waals surface area contributed by atoms with E-state index in [1.54, 1.807) is 0 Å². The van der Waals surface area contributed by atoms with Gasteiger partial charge in [0, 0.05) is 37.1 Å². The lowest BCUT2D eigenvalue weighted by Gasteiger charge is -2.44. The predicted molar refractivity (Wildman–Crippen MR) is 102 cm³/mol. The molecule has 3 aliphatic carbocycles. The summed E-state index contributed by atoms with van der Waals surface area (Å²) >= 11 is 0. The summed E-state index contributed by atoms with van der Waals surface area (Å²) in [6.45, 7) is 2.35. The van der Waals surface area contributed by atoms with Crippen molar-refractivity contribution in [3.63, 3.8) is 0 Å². The largest absolute Gasteiger partial charge is 0.353 e. The number of hydrogen-bond acceptors (Lipinski definition) is 3. The lowest BCUT2D eigenvalue weighted by atomic mass is 9.65. The second kappa shape index (κ2) is 8.57.